The molecule has 3 rings (SSSR count). The van der Waals surface area contributed by atoms with Crippen molar-refractivity contribution in [1.82, 2.24) is 4.90 Å². The lowest BCUT2D eigenvalue weighted by Crippen LogP contribution is -2.58. The number of carbonyl (C=O) groups is 1. The van der Waals surface area contributed by atoms with Crippen LogP contribution >= 0.6 is 0 Å². The Morgan fingerprint density at radius 1 is 0.750 bits per heavy atom. The molecule has 1 aliphatic heterocycles. The Morgan fingerprint density at radius 2 is 1.25 bits per heavy atom. The van der Waals surface area contributed by atoms with Crippen LogP contribution < -0.4 is 5.73 Å². The Kier molecular flexibility index (Phi) is 4.07. The molecule has 3 heteroatoms. The van der Waals surface area contributed by atoms with Crippen molar-refractivity contribution < 1.29 is 4.79 Å². The van der Waals surface area contributed by atoms with Crippen molar-refractivity contribution >= 4 is 5.91 Å². The molecule has 20 heavy (non-hydrogen) atoms. The van der Waals surface area contributed by atoms with Crippen LogP contribution in [-0.2, 0) is 4.79 Å². The number of piperidine rings is 1. The second-order valence-corrected chi connectivity index (χ2v) is 7.57. The van der Waals surface area contributed by atoms with Gasteiger partial charge < -0.3 is 10.6 Å². The standard InChI is InChI=1S/C17H30N2O/c18-17(9-5-2-6-10-17)15(20)19-13-11-16(12-14-19)7-3-1-4-8-16/h1-14,18H2. The minimum Gasteiger partial charge on any atom is -0.341 e. The fraction of sp³-hybridized carbons (Fsp3) is 0.941. The van der Waals surface area contributed by atoms with Gasteiger partial charge in [-0.15, -0.1) is 0 Å². The van der Waals surface area contributed by atoms with Crippen molar-refractivity contribution in [2.45, 2.75) is 82.6 Å². The summed E-state index contributed by atoms with van der Waals surface area (Å²) in [6.45, 7) is 1.91. The Balaban J connectivity index is 1.58. The SMILES string of the molecule is NC1(C(=O)N2CCC3(CCCCC3)CC2)CCCCC1. The minimum atomic E-state index is -0.532. The van der Waals surface area contributed by atoms with Crippen LogP contribution in [0.4, 0.5) is 0 Å². The highest BCUT2D eigenvalue weighted by molar-refractivity contribution is 5.86. The summed E-state index contributed by atoms with van der Waals surface area (Å²) in [5, 5.41) is 0. The average Bonchev–Trinajstić information content (AvgIpc) is 2.49. The first-order valence-corrected chi connectivity index (χ1v) is 8.72. The number of hydrogen-bond acceptors (Lipinski definition) is 2. The number of nitrogens with two attached hydrogens (primary N) is 1. The summed E-state index contributed by atoms with van der Waals surface area (Å²) in [6.07, 6.45) is 14.7. The number of hydrogen-bond donors (Lipinski definition) is 1. The molecule has 3 fully saturated rings. The summed E-state index contributed by atoms with van der Waals surface area (Å²) >= 11 is 0. The van der Waals surface area contributed by atoms with Crippen molar-refractivity contribution in [3.63, 3.8) is 0 Å². The minimum absolute atomic E-state index is 0.253. The molecule has 0 bridgehead atoms. The van der Waals surface area contributed by atoms with Crippen molar-refractivity contribution in [3.05, 3.63) is 0 Å². The first-order valence-electron chi connectivity index (χ1n) is 8.72. The highest BCUT2D eigenvalue weighted by Crippen LogP contribution is 2.45. The van der Waals surface area contributed by atoms with Gasteiger partial charge in [-0.2, -0.15) is 0 Å². The molecule has 0 aromatic rings. The van der Waals surface area contributed by atoms with E-state index in [1.807, 2.05) is 0 Å². The van der Waals surface area contributed by atoms with E-state index in [1.54, 1.807) is 0 Å². The third-order valence-corrected chi connectivity index (χ3v) is 6.20. The van der Waals surface area contributed by atoms with Gasteiger partial charge in [-0.3, -0.25) is 4.79 Å². The maximum atomic E-state index is 12.7. The molecule has 2 aliphatic carbocycles. The number of nitrogens with zero attached hydrogens (tertiary/aromatic N) is 1. The maximum Gasteiger partial charge on any atom is 0.242 e. The van der Waals surface area contributed by atoms with Gasteiger partial charge in [0, 0.05) is 13.1 Å². The topological polar surface area (TPSA) is 46.3 Å². The number of rotatable bonds is 1. The number of likely N-dealkylation sites (tertiary alicyclic amines) is 1. The van der Waals surface area contributed by atoms with E-state index in [4.69, 9.17) is 5.73 Å². The van der Waals surface area contributed by atoms with Gasteiger partial charge in [0.1, 0.15) is 0 Å². The zero-order valence-electron chi connectivity index (χ0n) is 12.8. The number of amides is 1. The van der Waals surface area contributed by atoms with E-state index >= 15 is 0 Å². The molecule has 114 valence electrons. The van der Waals surface area contributed by atoms with Gasteiger partial charge in [-0.25, -0.2) is 0 Å². The Labute approximate surface area is 123 Å². The molecular weight excluding hydrogens is 248 g/mol. The number of carbonyl (C=O) groups excluding carboxylic acids is 1. The first-order chi connectivity index (χ1) is 9.64. The molecule has 1 spiro atoms. The molecule has 0 aromatic carbocycles. The van der Waals surface area contributed by atoms with Crippen molar-refractivity contribution in [2.24, 2.45) is 11.1 Å². The molecule has 2 N–H and O–H groups in total. The lowest BCUT2D eigenvalue weighted by atomic mass is 9.68. The second-order valence-electron chi connectivity index (χ2n) is 7.57. The molecular formula is C17H30N2O. The zero-order valence-corrected chi connectivity index (χ0v) is 12.8. The van der Waals surface area contributed by atoms with Crippen LogP contribution in [0, 0.1) is 5.41 Å². The highest BCUT2D eigenvalue weighted by atomic mass is 16.2. The molecule has 0 radical (unpaired) electrons. The third kappa shape index (κ3) is 2.74. The van der Waals surface area contributed by atoms with Crippen LogP contribution in [0.2, 0.25) is 0 Å². The molecule has 1 saturated heterocycles. The molecule has 0 aromatic heterocycles. The molecule has 2 saturated carbocycles. The van der Waals surface area contributed by atoms with E-state index < -0.39 is 5.54 Å². The van der Waals surface area contributed by atoms with Gasteiger partial charge in [-0.1, -0.05) is 38.5 Å². The van der Waals surface area contributed by atoms with Gasteiger partial charge in [0.25, 0.3) is 0 Å². The quantitative estimate of drug-likeness (QED) is 0.800. The van der Waals surface area contributed by atoms with E-state index in [-0.39, 0.29) is 5.91 Å². The van der Waals surface area contributed by atoms with Gasteiger partial charge in [0.05, 0.1) is 5.54 Å². The van der Waals surface area contributed by atoms with E-state index in [9.17, 15) is 4.79 Å². The molecule has 1 heterocycles. The molecule has 3 aliphatic rings. The van der Waals surface area contributed by atoms with Crippen LogP contribution in [0.15, 0.2) is 0 Å². The fourth-order valence-corrected chi connectivity index (χ4v) is 4.70. The van der Waals surface area contributed by atoms with E-state index in [0.29, 0.717) is 5.41 Å². The van der Waals surface area contributed by atoms with Gasteiger partial charge >= 0.3 is 0 Å². The summed E-state index contributed by atoms with van der Waals surface area (Å²) in [6, 6.07) is 0. The lowest BCUT2D eigenvalue weighted by molar-refractivity contribution is -0.141. The molecule has 1 amide bonds. The normalized spacial score (nSPS) is 29.4. The Morgan fingerprint density at radius 3 is 1.80 bits per heavy atom. The Hall–Kier alpha value is -0.570. The summed E-state index contributed by atoms with van der Waals surface area (Å²) in [4.78, 5) is 14.8. The van der Waals surface area contributed by atoms with Crippen LogP contribution in [0.3, 0.4) is 0 Å². The molecule has 3 nitrogen and oxygen atoms in total. The predicted molar refractivity (Wildman–Crippen MR) is 81.3 cm³/mol. The molecule has 0 unspecified atom stereocenters. The van der Waals surface area contributed by atoms with Gasteiger partial charge in [0.2, 0.25) is 5.91 Å². The van der Waals surface area contributed by atoms with E-state index in [1.165, 1.54) is 51.4 Å². The monoisotopic (exact) mass is 278 g/mol. The average molecular weight is 278 g/mol. The predicted octanol–water partition coefficient (Wildman–Crippen LogP) is 3.22. The summed E-state index contributed by atoms with van der Waals surface area (Å²) in [5.41, 5.74) is 6.45. The van der Waals surface area contributed by atoms with Gasteiger partial charge in [0.15, 0.2) is 0 Å². The van der Waals surface area contributed by atoms with Gasteiger partial charge in [-0.05, 0) is 43.9 Å². The summed E-state index contributed by atoms with van der Waals surface area (Å²) in [7, 11) is 0. The van der Waals surface area contributed by atoms with Crippen molar-refractivity contribution in [2.75, 3.05) is 13.1 Å². The summed E-state index contributed by atoms with van der Waals surface area (Å²) < 4.78 is 0. The first kappa shape index (κ1) is 14.4. The van der Waals surface area contributed by atoms with E-state index in [2.05, 4.69) is 4.90 Å². The van der Waals surface area contributed by atoms with Crippen LogP contribution in [0.5, 0.6) is 0 Å². The van der Waals surface area contributed by atoms with Crippen molar-refractivity contribution in [3.8, 4) is 0 Å². The smallest absolute Gasteiger partial charge is 0.242 e. The van der Waals surface area contributed by atoms with Crippen molar-refractivity contribution in [1.29, 1.82) is 0 Å². The highest BCUT2D eigenvalue weighted by Gasteiger charge is 2.42. The second kappa shape index (κ2) is 5.67. The zero-order chi connectivity index (χ0) is 14.1. The van der Waals surface area contributed by atoms with Crippen LogP contribution in [0.1, 0.15) is 77.0 Å². The third-order valence-electron chi connectivity index (χ3n) is 6.20. The lowest BCUT2D eigenvalue weighted by Gasteiger charge is -2.46. The van der Waals surface area contributed by atoms with E-state index in [0.717, 1.165) is 38.8 Å². The largest absolute Gasteiger partial charge is 0.341 e. The maximum absolute atomic E-state index is 12.7. The van der Waals surface area contributed by atoms with Crippen LogP contribution in [0.25, 0.3) is 0 Å². The Bertz CT molecular complexity index is 344. The van der Waals surface area contributed by atoms with Crippen LogP contribution in [-0.4, -0.2) is 29.4 Å². The molecule has 0 atom stereocenters. The fourth-order valence-electron chi connectivity index (χ4n) is 4.70. The summed E-state index contributed by atoms with van der Waals surface area (Å²) in [5.74, 6) is 0.253.